The Morgan fingerprint density at radius 3 is 2.62 bits per heavy atom. The molecule has 0 aliphatic heterocycles. The van der Waals surface area contributed by atoms with Crippen LogP contribution >= 0.6 is 0 Å². The van der Waals surface area contributed by atoms with Crippen molar-refractivity contribution in [3.8, 4) is 0 Å². The van der Waals surface area contributed by atoms with E-state index in [4.69, 9.17) is 0 Å². The van der Waals surface area contributed by atoms with E-state index in [0.29, 0.717) is 10.8 Å². The Kier molecular flexibility index (Phi) is 3.90. The molecule has 0 nitrogen and oxygen atoms in total. The van der Waals surface area contributed by atoms with Gasteiger partial charge in [0.15, 0.2) is 0 Å². The molecular weight excluding hydrogens is 288 g/mol. The Bertz CT molecular complexity index is 619. The van der Waals surface area contributed by atoms with Crippen LogP contribution < -0.4 is 0 Å². The van der Waals surface area contributed by atoms with Gasteiger partial charge in [0, 0.05) is 0 Å². The lowest BCUT2D eigenvalue weighted by molar-refractivity contribution is 0.0336. The molecule has 1 aromatic carbocycles. The van der Waals surface area contributed by atoms with Crippen molar-refractivity contribution in [2.24, 2.45) is 28.6 Å². The molecular formula is C24H36. The molecule has 0 heterocycles. The fourth-order valence-electron chi connectivity index (χ4n) is 6.62. The zero-order chi connectivity index (χ0) is 17.1. The topological polar surface area (TPSA) is 0 Å². The van der Waals surface area contributed by atoms with Crippen LogP contribution in [0.3, 0.4) is 0 Å². The summed E-state index contributed by atoms with van der Waals surface area (Å²) in [5.41, 5.74) is 6.00. The number of rotatable bonds is 1. The lowest BCUT2D eigenvalue weighted by Crippen LogP contribution is -2.41. The van der Waals surface area contributed by atoms with Crippen LogP contribution in [-0.4, -0.2) is 0 Å². The summed E-state index contributed by atoms with van der Waals surface area (Å²) in [7, 11) is 0. The van der Waals surface area contributed by atoms with Gasteiger partial charge in [0.2, 0.25) is 0 Å². The third-order valence-electron chi connectivity index (χ3n) is 8.00. The molecule has 0 heteroatoms. The predicted molar refractivity (Wildman–Crippen MR) is 103 cm³/mol. The monoisotopic (exact) mass is 324 g/mol. The first-order valence-corrected chi connectivity index (χ1v) is 10.4. The van der Waals surface area contributed by atoms with Crippen LogP contribution in [0.2, 0.25) is 0 Å². The van der Waals surface area contributed by atoms with Crippen LogP contribution in [-0.2, 0) is 12.8 Å². The number of fused-ring (bicyclic) bond motifs is 5. The van der Waals surface area contributed by atoms with Crippen LogP contribution in [0.1, 0.15) is 89.3 Å². The summed E-state index contributed by atoms with van der Waals surface area (Å²) in [6, 6.07) is 7.52. The van der Waals surface area contributed by atoms with Crippen LogP contribution in [0, 0.1) is 28.6 Å². The molecule has 3 aliphatic rings. The molecule has 5 unspecified atom stereocenters. The van der Waals surface area contributed by atoms with Crippen LogP contribution in [0.5, 0.6) is 0 Å². The largest absolute Gasteiger partial charge is 0.0620 e. The zero-order valence-corrected chi connectivity index (χ0v) is 16.5. The van der Waals surface area contributed by atoms with Gasteiger partial charge in [-0.3, -0.25) is 0 Å². The van der Waals surface area contributed by atoms with Gasteiger partial charge in [0.05, 0.1) is 0 Å². The van der Waals surface area contributed by atoms with E-state index in [0.717, 1.165) is 23.7 Å². The van der Waals surface area contributed by atoms with Gasteiger partial charge in [-0.1, -0.05) is 52.8 Å². The molecule has 0 amide bonds. The lowest BCUT2D eigenvalue weighted by atomic mass is 9.54. The number of aryl methyl sites for hydroxylation is 1. The second-order valence-corrected chi connectivity index (χ2v) is 10.7. The molecule has 3 aliphatic carbocycles. The highest BCUT2D eigenvalue weighted by Crippen LogP contribution is 2.62. The molecule has 0 aromatic heterocycles. The van der Waals surface area contributed by atoms with Gasteiger partial charge in [-0.2, -0.15) is 0 Å². The van der Waals surface area contributed by atoms with Crippen LogP contribution in [0.4, 0.5) is 0 Å². The summed E-state index contributed by atoms with van der Waals surface area (Å²) in [4.78, 5) is 0. The van der Waals surface area contributed by atoms with Crippen molar-refractivity contribution in [3.63, 3.8) is 0 Å². The van der Waals surface area contributed by atoms with Crippen molar-refractivity contribution in [1.82, 2.24) is 0 Å². The fourth-order valence-corrected chi connectivity index (χ4v) is 6.62. The highest BCUT2D eigenvalue weighted by molar-refractivity contribution is 5.38. The number of hydrogen-bond donors (Lipinski definition) is 0. The van der Waals surface area contributed by atoms with Crippen molar-refractivity contribution in [2.45, 2.75) is 85.5 Å². The van der Waals surface area contributed by atoms with Crippen molar-refractivity contribution in [3.05, 3.63) is 34.9 Å². The molecule has 1 aromatic rings. The minimum atomic E-state index is 0.387. The van der Waals surface area contributed by atoms with E-state index in [1.165, 1.54) is 44.9 Å². The van der Waals surface area contributed by atoms with Gasteiger partial charge in [-0.25, -0.2) is 0 Å². The first kappa shape index (κ1) is 16.7. The SMILES string of the molecule is CC1CCC2C3CCc4cc(CC(C)(C)C)ccc4C3CCC12C. The summed E-state index contributed by atoms with van der Waals surface area (Å²) in [5.74, 6) is 3.77. The molecule has 24 heavy (non-hydrogen) atoms. The first-order valence-electron chi connectivity index (χ1n) is 10.4. The molecule has 132 valence electrons. The fraction of sp³-hybridized carbons (Fsp3) is 0.750. The van der Waals surface area contributed by atoms with Crippen molar-refractivity contribution in [1.29, 1.82) is 0 Å². The van der Waals surface area contributed by atoms with Gasteiger partial charge in [0.25, 0.3) is 0 Å². The Morgan fingerprint density at radius 2 is 1.88 bits per heavy atom. The quantitative estimate of drug-likeness (QED) is 0.535. The normalized spacial score (nSPS) is 38.4. The van der Waals surface area contributed by atoms with E-state index in [1.54, 1.807) is 16.7 Å². The average molecular weight is 325 g/mol. The van der Waals surface area contributed by atoms with Gasteiger partial charge in [-0.05, 0) is 96.1 Å². The Hall–Kier alpha value is -0.780. The van der Waals surface area contributed by atoms with Gasteiger partial charge < -0.3 is 0 Å². The predicted octanol–water partition coefficient (Wildman–Crippen LogP) is 6.77. The highest BCUT2D eigenvalue weighted by atomic mass is 14.6. The third-order valence-corrected chi connectivity index (χ3v) is 8.00. The van der Waals surface area contributed by atoms with E-state index >= 15 is 0 Å². The Balaban J connectivity index is 1.61. The van der Waals surface area contributed by atoms with Gasteiger partial charge in [-0.15, -0.1) is 0 Å². The molecule has 0 spiro atoms. The second kappa shape index (κ2) is 5.61. The van der Waals surface area contributed by atoms with Crippen molar-refractivity contribution < 1.29 is 0 Å². The van der Waals surface area contributed by atoms with Crippen molar-refractivity contribution >= 4 is 0 Å². The Labute approximate surface area is 149 Å². The summed E-state index contributed by atoms with van der Waals surface area (Å²) >= 11 is 0. The van der Waals surface area contributed by atoms with E-state index in [9.17, 15) is 0 Å². The second-order valence-electron chi connectivity index (χ2n) is 10.7. The van der Waals surface area contributed by atoms with E-state index in [1.807, 2.05) is 0 Å². The molecule has 0 bridgehead atoms. The Morgan fingerprint density at radius 1 is 1.08 bits per heavy atom. The molecule has 5 atom stereocenters. The van der Waals surface area contributed by atoms with Gasteiger partial charge >= 0.3 is 0 Å². The molecule has 2 fully saturated rings. The molecule has 0 N–H and O–H groups in total. The van der Waals surface area contributed by atoms with Crippen LogP contribution in [0.15, 0.2) is 18.2 Å². The number of hydrogen-bond acceptors (Lipinski definition) is 0. The van der Waals surface area contributed by atoms with Gasteiger partial charge in [0.1, 0.15) is 0 Å². The minimum absolute atomic E-state index is 0.387. The maximum Gasteiger partial charge on any atom is -0.0128 e. The van der Waals surface area contributed by atoms with E-state index in [-0.39, 0.29) is 0 Å². The summed E-state index contributed by atoms with van der Waals surface area (Å²) in [6.07, 6.45) is 9.85. The first-order chi connectivity index (χ1) is 11.3. The summed E-state index contributed by atoms with van der Waals surface area (Å²) < 4.78 is 0. The highest BCUT2D eigenvalue weighted by Gasteiger charge is 2.53. The lowest BCUT2D eigenvalue weighted by Gasteiger charge is -2.50. The third kappa shape index (κ3) is 2.65. The number of benzene rings is 1. The molecule has 2 saturated carbocycles. The van der Waals surface area contributed by atoms with Crippen molar-refractivity contribution in [2.75, 3.05) is 0 Å². The van der Waals surface area contributed by atoms with Crippen LogP contribution in [0.25, 0.3) is 0 Å². The van der Waals surface area contributed by atoms with E-state index < -0.39 is 0 Å². The minimum Gasteiger partial charge on any atom is -0.0620 e. The smallest absolute Gasteiger partial charge is 0.0128 e. The molecule has 0 saturated heterocycles. The maximum atomic E-state index is 2.62. The maximum absolute atomic E-state index is 2.62. The molecule has 4 rings (SSSR count). The zero-order valence-electron chi connectivity index (χ0n) is 16.5. The van der Waals surface area contributed by atoms with E-state index in [2.05, 4.69) is 52.8 Å². The molecule has 0 radical (unpaired) electrons. The average Bonchev–Trinajstić information content (AvgIpc) is 2.81. The summed E-state index contributed by atoms with van der Waals surface area (Å²) in [6.45, 7) is 12.2. The summed E-state index contributed by atoms with van der Waals surface area (Å²) in [5, 5.41) is 0. The standard InChI is InChI=1S/C24H36/c1-16-6-11-22-21-10-8-18-14-17(15-23(2,3)4)7-9-19(18)20(21)12-13-24(16,22)5/h7,9,14,16,20-22H,6,8,10-13,15H2,1-5H3.